The number of nitrogens with two attached hydrogens (primary N) is 1. The third kappa shape index (κ3) is 2.52. The zero-order valence-corrected chi connectivity index (χ0v) is 10.1. The molecule has 0 radical (unpaired) electrons. The minimum absolute atomic E-state index is 0.0155. The molecular formula is C11H17N5O. The van der Waals surface area contributed by atoms with E-state index in [4.69, 9.17) is 15.9 Å². The van der Waals surface area contributed by atoms with E-state index >= 15 is 0 Å². The number of hydrogen-bond acceptors (Lipinski definition) is 5. The SMILES string of the molecule is CC1CN(c2nnccc2C(=N)N)CC(C)O1. The van der Waals surface area contributed by atoms with Gasteiger partial charge < -0.3 is 15.4 Å². The van der Waals surface area contributed by atoms with E-state index in [0.29, 0.717) is 11.4 Å². The van der Waals surface area contributed by atoms with Crippen LogP contribution in [0.2, 0.25) is 0 Å². The Morgan fingerprint density at radius 1 is 1.47 bits per heavy atom. The van der Waals surface area contributed by atoms with Crippen LogP contribution in [0.3, 0.4) is 0 Å². The summed E-state index contributed by atoms with van der Waals surface area (Å²) >= 11 is 0. The summed E-state index contributed by atoms with van der Waals surface area (Å²) < 4.78 is 5.66. The van der Waals surface area contributed by atoms with E-state index < -0.39 is 0 Å². The molecule has 3 N–H and O–H groups in total. The molecule has 1 aromatic heterocycles. The van der Waals surface area contributed by atoms with Gasteiger partial charge in [-0.3, -0.25) is 5.41 Å². The van der Waals surface area contributed by atoms with E-state index in [2.05, 4.69) is 15.1 Å². The van der Waals surface area contributed by atoms with Crippen molar-refractivity contribution in [2.24, 2.45) is 5.73 Å². The van der Waals surface area contributed by atoms with Crippen molar-refractivity contribution in [3.63, 3.8) is 0 Å². The predicted octanol–water partition coefficient (Wildman–Crippen LogP) is 0.374. The first-order valence-corrected chi connectivity index (χ1v) is 5.64. The molecule has 1 aliphatic heterocycles. The Hall–Kier alpha value is -1.69. The first-order valence-electron chi connectivity index (χ1n) is 5.64. The predicted molar refractivity (Wildman–Crippen MR) is 65.3 cm³/mol. The second-order valence-corrected chi connectivity index (χ2v) is 4.34. The van der Waals surface area contributed by atoms with Crippen molar-refractivity contribution in [3.8, 4) is 0 Å². The monoisotopic (exact) mass is 235 g/mol. The van der Waals surface area contributed by atoms with Gasteiger partial charge in [-0.05, 0) is 19.9 Å². The largest absolute Gasteiger partial charge is 0.384 e. The molecule has 92 valence electrons. The van der Waals surface area contributed by atoms with Gasteiger partial charge in [0.05, 0.1) is 24.0 Å². The maximum atomic E-state index is 7.55. The summed E-state index contributed by atoms with van der Waals surface area (Å²) in [7, 11) is 0. The number of hydrogen-bond donors (Lipinski definition) is 2. The Balaban J connectivity index is 2.30. The van der Waals surface area contributed by atoms with Gasteiger partial charge in [0, 0.05) is 13.1 Å². The number of nitrogens with one attached hydrogen (secondary N) is 1. The molecule has 0 aromatic carbocycles. The molecule has 2 heterocycles. The maximum absolute atomic E-state index is 7.55. The molecule has 1 fully saturated rings. The van der Waals surface area contributed by atoms with Gasteiger partial charge >= 0.3 is 0 Å². The average Bonchev–Trinajstić information content (AvgIpc) is 2.27. The maximum Gasteiger partial charge on any atom is 0.162 e. The molecule has 1 saturated heterocycles. The van der Waals surface area contributed by atoms with Crippen molar-refractivity contribution >= 4 is 11.7 Å². The smallest absolute Gasteiger partial charge is 0.162 e. The molecule has 17 heavy (non-hydrogen) atoms. The third-order valence-corrected chi connectivity index (χ3v) is 2.71. The number of ether oxygens (including phenoxy) is 1. The van der Waals surface area contributed by atoms with Gasteiger partial charge in [-0.15, -0.1) is 5.10 Å². The second-order valence-electron chi connectivity index (χ2n) is 4.34. The topological polar surface area (TPSA) is 88.1 Å². The van der Waals surface area contributed by atoms with Crippen molar-refractivity contribution in [1.82, 2.24) is 10.2 Å². The summed E-state index contributed by atoms with van der Waals surface area (Å²) in [5.41, 5.74) is 6.17. The fourth-order valence-corrected chi connectivity index (χ4v) is 2.12. The zero-order chi connectivity index (χ0) is 12.4. The highest BCUT2D eigenvalue weighted by atomic mass is 16.5. The van der Waals surface area contributed by atoms with E-state index in [-0.39, 0.29) is 18.0 Å². The number of rotatable bonds is 2. The molecule has 0 saturated carbocycles. The van der Waals surface area contributed by atoms with Gasteiger partial charge in [0.2, 0.25) is 0 Å². The summed E-state index contributed by atoms with van der Waals surface area (Å²) in [6.07, 6.45) is 1.83. The van der Waals surface area contributed by atoms with Gasteiger partial charge in [-0.25, -0.2) is 0 Å². The van der Waals surface area contributed by atoms with Crippen LogP contribution in [0.4, 0.5) is 5.82 Å². The normalized spacial score (nSPS) is 24.7. The number of morpholine rings is 1. The molecule has 2 atom stereocenters. The highest BCUT2D eigenvalue weighted by Crippen LogP contribution is 2.20. The van der Waals surface area contributed by atoms with Crippen LogP contribution in [0.25, 0.3) is 0 Å². The van der Waals surface area contributed by atoms with Crippen LogP contribution in [0.15, 0.2) is 12.3 Å². The van der Waals surface area contributed by atoms with Crippen LogP contribution in [0.1, 0.15) is 19.4 Å². The van der Waals surface area contributed by atoms with E-state index in [1.807, 2.05) is 13.8 Å². The fourth-order valence-electron chi connectivity index (χ4n) is 2.12. The molecule has 6 heteroatoms. The second kappa shape index (κ2) is 4.67. The zero-order valence-electron chi connectivity index (χ0n) is 10.1. The van der Waals surface area contributed by atoms with Crippen LogP contribution in [0, 0.1) is 5.41 Å². The lowest BCUT2D eigenvalue weighted by Gasteiger charge is -2.36. The minimum atomic E-state index is 0.0155. The lowest BCUT2D eigenvalue weighted by Crippen LogP contribution is -2.46. The number of anilines is 1. The van der Waals surface area contributed by atoms with Crippen molar-refractivity contribution in [1.29, 1.82) is 5.41 Å². The van der Waals surface area contributed by atoms with Crippen LogP contribution in [0.5, 0.6) is 0 Å². The molecule has 0 amide bonds. The molecule has 6 nitrogen and oxygen atoms in total. The molecule has 0 spiro atoms. The Morgan fingerprint density at radius 3 is 2.71 bits per heavy atom. The van der Waals surface area contributed by atoms with Gasteiger partial charge in [0.1, 0.15) is 5.84 Å². The summed E-state index contributed by atoms with van der Waals surface area (Å²) in [5, 5.41) is 15.5. The van der Waals surface area contributed by atoms with Crippen molar-refractivity contribution in [3.05, 3.63) is 17.8 Å². The Bertz CT molecular complexity index is 412. The number of aromatic nitrogens is 2. The molecule has 1 aromatic rings. The highest BCUT2D eigenvalue weighted by molar-refractivity contribution is 5.99. The van der Waals surface area contributed by atoms with Crippen LogP contribution >= 0.6 is 0 Å². The van der Waals surface area contributed by atoms with Crippen LogP contribution in [-0.2, 0) is 4.74 Å². The number of nitrogen functional groups attached to an aromatic ring is 1. The lowest BCUT2D eigenvalue weighted by molar-refractivity contribution is -0.00551. The molecule has 2 unspecified atom stereocenters. The highest BCUT2D eigenvalue weighted by Gasteiger charge is 2.25. The van der Waals surface area contributed by atoms with Gasteiger partial charge in [0.15, 0.2) is 5.82 Å². The van der Waals surface area contributed by atoms with Crippen LogP contribution in [-0.4, -0.2) is 41.3 Å². The van der Waals surface area contributed by atoms with Gasteiger partial charge in [-0.1, -0.05) is 0 Å². The number of nitrogens with zero attached hydrogens (tertiary/aromatic N) is 3. The quantitative estimate of drug-likeness (QED) is 0.571. The Morgan fingerprint density at radius 2 is 2.12 bits per heavy atom. The van der Waals surface area contributed by atoms with E-state index in [1.165, 1.54) is 0 Å². The summed E-state index contributed by atoms with van der Waals surface area (Å²) in [6, 6.07) is 1.72. The molecule has 1 aliphatic rings. The van der Waals surface area contributed by atoms with E-state index in [0.717, 1.165) is 13.1 Å². The van der Waals surface area contributed by atoms with E-state index in [9.17, 15) is 0 Å². The molecular weight excluding hydrogens is 218 g/mol. The molecule has 0 aliphatic carbocycles. The Kier molecular flexibility index (Phi) is 3.23. The van der Waals surface area contributed by atoms with E-state index in [1.54, 1.807) is 12.3 Å². The average molecular weight is 235 g/mol. The minimum Gasteiger partial charge on any atom is -0.384 e. The summed E-state index contributed by atoms with van der Waals surface area (Å²) in [6.45, 7) is 5.52. The third-order valence-electron chi connectivity index (χ3n) is 2.71. The van der Waals surface area contributed by atoms with Gasteiger partial charge in [-0.2, -0.15) is 5.10 Å². The Labute approximate surface area is 100 Å². The fraction of sp³-hybridized carbons (Fsp3) is 0.545. The first kappa shape index (κ1) is 11.8. The summed E-state index contributed by atoms with van der Waals surface area (Å²) in [4.78, 5) is 2.07. The van der Waals surface area contributed by atoms with Gasteiger partial charge in [0.25, 0.3) is 0 Å². The standard InChI is InChI=1S/C11H17N5O/c1-7-5-16(6-8(2)17-7)11-9(10(12)13)3-4-14-15-11/h3-4,7-8H,5-6H2,1-2H3,(H3,12,13). The van der Waals surface area contributed by atoms with Crippen LogP contribution < -0.4 is 10.6 Å². The summed E-state index contributed by atoms with van der Waals surface area (Å²) in [5.74, 6) is 0.684. The van der Waals surface area contributed by atoms with Crippen molar-refractivity contribution in [2.45, 2.75) is 26.1 Å². The van der Waals surface area contributed by atoms with Crippen molar-refractivity contribution in [2.75, 3.05) is 18.0 Å². The number of amidine groups is 1. The van der Waals surface area contributed by atoms with Crippen molar-refractivity contribution < 1.29 is 4.74 Å². The molecule has 2 rings (SSSR count). The first-order chi connectivity index (χ1) is 8.08. The lowest BCUT2D eigenvalue weighted by atomic mass is 10.2. The molecule has 0 bridgehead atoms.